The summed E-state index contributed by atoms with van der Waals surface area (Å²) in [4.78, 5) is 18.9. The lowest BCUT2D eigenvalue weighted by Gasteiger charge is -1.79. The number of ether oxygens (including phenoxy) is 3. The van der Waals surface area contributed by atoms with Crippen molar-refractivity contribution in [1.82, 2.24) is 0 Å². The van der Waals surface area contributed by atoms with Crippen molar-refractivity contribution in [3.05, 3.63) is 0 Å². The molecule has 64 valence electrons. The third kappa shape index (κ3) is 6.42. The van der Waals surface area contributed by atoms with Crippen molar-refractivity contribution in [2.45, 2.75) is 0 Å². The molecule has 0 saturated carbocycles. The Balaban J connectivity index is 0.000000187. The monoisotopic (exact) mass is 164 g/mol. The minimum Gasteiger partial charge on any atom is -0.450 e. The van der Waals surface area contributed by atoms with Gasteiger partial charge < -0.3 is 19.3 Å². The summed E-state index contributed by atoms with van der Waals surface area (Å²) in [5.74, 6) is 0. The number of carboxylic acid groups (broad SMARTS) is 1. The summed E-state index contributed by atoms with van der Waals surface area (Å²) in [5, 5.41) is 7.50. The maximum absolute atomic E-state index is 9.80. The van der Waals surface area contributed by atoms with Crippen LogP contribution in [0.25, 0.3) is 0 Å². The molecule has 6 nitrogen and oxygen atoms in total. The summed E-state index contributed by atoms with van der Waals surface area (Å²) in [6.45, 7) is 0.831. The van der Waals surface area contributed by atoms with E-state index < -0.39 is 12.3 Å². The van der Waals surface area contributed by atoms with Crippen LogP contribution in [-0.2, 0) is 14.2 Å². The highest BCUT2D eigenvalue weighted by molar-refractivity contribution is 5.61. The van der Waals surface area contributed by atoms with Crippen LogP contribution in [0, 0.1) is 0 Å². The van der Waals surface area contributed by atoms with E-state index in [4.69, 9.17) is 9.90 Å². The lowest BCUT2D eigenvalue weighted by atomic mass is 10.8. The van der Waals surface area contributed by atoms with E-state index in [0.29, 0.717) is 13.2 Å². The van der Waals surface area contributed by atoms with Crippen LogP contribution in [0.1, 0.15) is 0 Å². The van der Waals surface area contributed by atoms with E-state index in [9.17, 15) is 4.79 Å². The van der Waals surface area contributed by atoms with Gasteiger partial charge in [-0.1, -0.05) is 0 Å². The van der Waals surface area contributed by atoms with E-state index in [1.54, 1.807) is 0 Å². The van der Waals surface area contributed by atoms with Crippen molar-refractivity contribution < 1.29 is 28.9 Å². The van der Waals surface area contributed by atoms with Crippen molar-refractivity contribution in [3.8, 4) is 0 Å². The van der Waals surface area contributed by atoms with Crippen LogP contribution in [0.4, 0.5) is 9.59 Å². The number of carbonyl (C=O) groups excluding carboxylic acids is 1. The minimum absolute atomic E-state index is 0.416. The molecule has 1 rings (SSSR count). The molecule has 0 aromatic rings. The number of carbonyl (C=O) groups is 2. The third-order valence-corrected chi connectivity index (χ3v) is 0.698. The lowest BCUT2D eigenvalue weighted by Crippen LogP contribution is -1.91. The zero-order valence-electron chi connectivity index (χ0n) is 5.90. The molecule has 11 heavy (non-hydrogen) atoms. The van der Waals surface area contributed by atoms with E-state index in [1.807, 2.05) is 0 Å². The van der Waals surface area contributed by atoms with Crippen LogP contribution < -0.4 is 0 Å². The summed E-state index contributed by atoms with van der Waals surface area (Å²) < 4.78 is 12.2. The van der Waals surface area contributed by atoms with E-state index in [0.717, 1.165) is 7.11 Å². The number of rotatable bonds is 0. The number of cyclic esters (lactones) is 2. The molecule has 0 unspecified atom stereocenters. The molecule has 0 aliphatic carbocycles. The van der Waals surface area contributed by atoms with Gasteiger partial charge in [-0.25, -0.2) is 9.59 Å². The Morgan fingerprint density at radius 1 is 1.55 bits per heavy atom. The molecule has 0 aromatic heterocycles. The summed E-state index contributed by atoms with van der Waals surface area (Å²) in [6, 6.07) is 0. The second-order valence-corrected chi connectivity index (χ2v) is 1.42. The maximum Gasteiger partial charge on any atom is 0.508 e. The van der Waals surface area contributed by atoms with Crippen molar-refractivity contribution in [2.75, 3.05) is 20.3 Å². The second-order valence-electron chi connectivity index (χ2n) is 1.42. The molecular weight excluding hydrogens is 156 g/mol. The molecule has 0 spiro atoms. The number of hydrogen-bond acceptors (Lipinski definition) is 5. The molecule has 1 fully saturated rings. The molecule has 1 heterocycles. The number of methoxy groups -OCH3 is 1. The first kappa shape index (κ1) is 9.54. The van der Waals surface area contributed by atoms with Gasteiger partial charge in [-0.2, -0.15) is 0 Å². The van der Waals surface area contributed by atoms with E-state index in [2.05, 4.69) is 14.2 Å². The SMILES string of the molecule is COC(=O)O.O=C1OCCO1. The lowest BCUT2D eigenvalue weighted by molar-refractivity contribution is 0.113. The van der Waals surface area contributed by atoms with Crippen molar-refractivity contribution >= 4 is 12.3 Å². The molecule has 1 aliphatic heterocycles. The second kappa shape index (κ2) is 5.33. The largest absolute Gasteiger partial charge is 0.508 e. The van der Waals surface area contributed by atoms with E-state index in [1.165, 1.54) is 0 Å². The van der Waals surface area contributed by atoms with E-state index in [-0.39, 0.29) is 0 Å². The Kier molecular flexibility index (Phi) is 4.63. The Hall–Kier alpha value is -1.46. The Labute approximate surface area is 62.7 Å². The molecule has 0 radical (unpaired) electrons. The van der Waals surface area contributed by atoms with Gasteiger partial charge in [-0.15, -0.1) is 0 Å². The fraction of sp³-hybridized carbons (Fsp3) is 0.600. The van der Waals surface area contributed by atoms with Gasteiger partial charge in [-0.05, 0) is 0 Å². The van der Waals surface area contributed by atoms with Crippen molar-refractivity contribution in [1.29, 1.82) is 0 Å². The molecular formula is C5H8O6. The average molecular weight is 164 g/mol. The first-order chi connectivity index (χ1) is 5.16. The van der Waals surface area contributed by atoms with Gasteiger partial charge in [0.1, 0.15) is 13.2 Å². The first-order valence-electron chi connectivity index (χ1n) is 2.73. The predicted octanol–water partition coefficient (Wildman–Crippen LogP) is 0.464. The molecule has 6 heteroatoms. The summed E-state index contributed by atoms with van der Waals surface area (Å²) in [5.41, 5.74) is 0. The van der Waals surface area contributed by atoms with Gasteiger partial charge in [0.25, 0.3) is 0 Å². The molecule has 1 aliphatic rings. The molecule has 1 saturated heterocycles. The highest BCUT2D eigenvalue weighted by Crippen LogP contribution is 1.92. The summed E-state index contributed by atoms with van der Waals surface area (Å²) in [6.07, 6.45) is -1.79. The van der Waals surface area contributed by atoms with Crippen molar-refractivity contribution in [3.63, 3.8) is 0 Å². The van der Waals surface area contributed by atoms with Gasteiger partial charge in [0.2, 0.25) is 0 Å². The van der Waals surface area contributed by atoms with Crippen LogP contribution in [0.2, 0.25) is 0 Å². The summed E-state index contributed by atoms with van der Waals surface area (Å²) >= 11 is 0. The predicted molar refractivity (Wildman–Crippen MR) is 32.3 cm³/mol. The van der Waals surface area contributed by atoms with Gasteiger partial charge in [-0.3, -0.25) is 0 Å². The fourth-order valence-electron chi connectivity index (χ4n) is 0.292. The Bertz CT molecular complexity index is 134. The average Bonchev–Trinajstić information content (AvgIpc) is 2.41. The van der Waals surface area contributed by atoms with Crippen LogP contribution in [0.15, 0.2) is 0 Å². The van der Waals surface area contributed by atoms with Crippen LogP contribution >= 0.6 is 0 Å². The standard InChI is InChI=1S/C3H4O3.C2H4O3/c4-3-5-1-2-6-3;1-5-2(3)4/h1-2H2;1H3,(H,3,4). The maximum atomic E-state index is 9.80. The highest BCUT2D eigenvalue weighted by Gasteiger charge is 2.09. The molecule has 0 bridgehead atoms. The van der Waals surface area contributed by atoms with Crippen LogP contribution in [0.3, 0.4) is 0 Å². The molecule has 0 atom stereocenters. The Morgan fingerprint density at radius 3 is 2.00 bits per heavy atom. The third-order valence-electron chi connectivity index (χ3n) is 0.698. The zero-order valence-corrected chi connectivity index (χ0v) is 5.90. The van der Waals surface area contributed by atoms with Crippen LogP contribution in [-0.4, -0.2) is 37.7 Å². The Morgan fingerprint density at radius 2 is 1.91 bits per heavy atom. The molecule has 0 amide bonds. The smallest absolute Gasteiger partial charge is 0.450 e. The van der Waals surface area contributed by atoms with Gasteiger partial charge in [0, 0.05) is 0 Å². The van der Waals surface area contributed by atoms with E-state index >= 15 is 0 Å². The van der Waals surface area contributed by atoms with Crippen molar-refractivity contribution in [2.24, 2.45) is 0 Å². The first-order valence-corrected chi connectivity index (χ1v) is 2.73. The normalized spacial score (nSPS) is 13.7. The molecule has 0 aromatic carbocycles. The highest BCUT2D eigenvalue weighted by atomic mass is 16.8. The van der Waals surface area contributed by atoms with Gasteiger partial charge in [0.05, 0.1) is 7.11 Å². The van der Waals surface area contributed by atoms with Gasteiger partial charge in [0.15, 0.2) is 0 Å². The quantitative estimate of drug-likeness (QED) is 0.524. The number of hydrogen-bond donors (Lipinski definition) is 1. The fourth-order valence-corrected chi connectivity index (χ4v) is 0.292. The topological polar surface area (TPSA) is 82.1 Å². The minimum atomic E-state index is -1.25. The van der Waals surface area contributed by atoms with Gasteiger partial charge >= 0.3 is 12.3 Å². The van der Waals surface area contributed by atoms with Crippen LogP contribution in [0.5, 0.6) is 0 Å². The zero-order chi connectivity index (χ0) is 8.69. The summed E-state index contributed by atoms with van der Waals surface area (Å²) in [7, 11) is 1.10. The molecule has 1 N–H and O–H groups in total.